The summed E-state index contributed by atoms with van der Waals surface area (Å²) in [6, 6.07) is 0. The summed E-state index contributed by atoms with van der Waals surface area (Å²) in [5.74, 6) is 2.72. The van der Waals surface area contributed by atoms with Gasteiger partial charge in [0.25, 0.3) is 0 Å². The topological polar surface area (TPSA) is 26.0 Å². The van der Waals surface area contributed by atoms with Gasteiger partial charge in [0.15, 0.2) is 0 Å². The maximum Gasteiger partial charge on any atom is 0.0183 e. The van der Waals surface area contributed by atoms with E-state index < -0.39 is 0 Å². The summed E-state index contributed by atoms with van der Waals surface area (Å²) in [4.78, 5) is 0. The lowest BCUT2D eigenvalue weighted by Crippen LogP contribution is -2.51. The van der Waals surface area contributed by atoms with Crippen LogP contribution in [0.4, 0.5) is 0 Å². The maximum atomic E-state index is 6.71. The second kappa shape index (κ2) is 5.08. The fourth-order valence-electron chi connectivity index (χ4n) is 3.89. The zero-order chi connectivity index (χ0) is 11.6. The highest BCUT2D eigenvalue weighted by Gasteiger charge is 2.39. The molecule has 2 atom stereocenters. The molecule has 16 heavy (non-hydrogen) atoms. The van der Waals surface area contributed by atoms with Crippen LogP contribution in [0.2, 0.25) is 0 Å². The molecule has 0 aliphatic heterocycles. The molecule has 0 spiro atoms. The largest absolute Gasteiger partial charge is 0.325 e. The molecule has 0 aromatic rings. The van der Waals surface area contributed by atoms with Gasteiger partial charge in [0.2, 0.25) is 0 Å². The van der Waals surface area contributed by atoms with Gasteiger partial charge in [-0.15, -0.1) is 0 Å². The Morgan fingerprint density at radius 2 is 1.81 bits per heavy atom. The van der Waals surface area contributed by atoms with Gasteiger partial charge in [-0.05, 0) is 56.3 Å². The lowest BCUT2D eigenvalue weighted by atomic mass is 9.64. The van der Waals surface area contributed by atoms with Crippen molar-refractivity contribution in [2.24, 2.45) is 23.5 Å². The first-order chi connectivity index (χ1) is 7.64. The van der Waals surface area contributed by atoms with Crippen LogP contribution in [-0.4, -0.2) is 5.54 Å². The third kappa shape index (κ3) is 2.61. The van der Waals surface area contributed by atoms with Crippen molar-refractivity contribution in [2.75, 3.05) is 0 Å². The summed E-state index contributed by atoms with van der Waals surface area (Å²) in [6.07, 6.45) is 12.4. The Hall–Kier alpha value is -0.0400. The van der Waals surface area contributed by atoms with Crippen LogP contribution in [0.3, 0.4) is 0 Å². The van der Waals surface area contributed by atoms with Crippen molar-refractivity contribution >= 4 is 0 Å². The Kier molecular flexibility index (Phi) is 3.94. The smallest absolute Gasteiger partial charge is 0.0183 e. The van der Waals surface area contributed by atoms with Crippen LogP contribution in [0.1, 0.15) is 71.6 Å². The normalized spacial score (nSPS) is 45.6. The first kappa shape index (κ1) is 12.4. The van der Waals surface area contributed by atoms with E-state index >= 15 is 0 Å². The molecule has 1 nitrogen and oxygen atoms in total. The summed E-state index contributed by atoms with van der Waals surface area (Å²) >= 11 is 0. The number of nitrogens with two attached hydrogens (primary N) is 1. The standard InChI is InChI=1S/C15H29N/c1-3-13-5-4-6-14(11-13)15(16)9-7-12(2)8-10-15/h12-14H,3-11,16H2,1-2H3. The average Bonchev–Trinajstić information content (AvgIpc) is 2.33. The minimum Gasteiger partial charge on any atom is -0.325 e. The Morgan fingerprint density at radius 1 is 1.12 bits per heavy atom. The first-order valence-corrected chi connectivity index (χ1v) is 7.43. The average molecular weight is 223 g/mol. The van der Waals surface area contributed by atoms with Gasteiger partial charge in [-0.25, -0.2) is 0 Å². The molecule has 1 heteroatoms. The van der Waals surface area contributed by atoms with Crippen LogP contribution in [0.15, 0.2) is 0 Å². The zero-order valence-corrected chi connectivity index (χ0v) is 11.2. The number of rotatable bonds is 2. The molecule has 2 rings (SSSR count). The van der Waals surface area contributed by atoms with E-state index in [0.717, 1.165) is 17.8 Å². The minimum absolute atomic E-state index is 0.209. The van der Waals surface area contributed by atoms with Crippen molar-refractivity contribution < 1.29 is 0 Å². The first-order valence-electron chi connectivity index (χ1n) is 7.43. The predicted molar refractivity (Wildman–Crippen MR) is 70.3 cm³/mol. The molecule has 0 aromatic carbocycles. The molecule has 2 unspecified atom stereocenters. The monoisotopic (exact) mass is 223 g/mol. The SMILES string of the molecule is CCC1CCCC(C2(N)CCC(C)CC2)C1. The van der Waals surface area contributed by atoms with Crippen LogP contribution in [-0.2, 0) is 0 Å². The van der Waals surface area contributed by atoms with Gasteiger partial charge in [-0.2, -0.15) is 0 Å². The van der Waals surface area contributed by atoms with Gasteiger partial charge in [0.05, 0.1) is 0 Å². The van der Waals surface area contributed by atoms with Crippen molar-refractivity contribution in [2.45, 2.75) is 77.2 Å². The van der Waals surface area contributed by atoms with Crippen LogP contribution >= 0.6 is 0 Å². The number of hydrogen-bond acceptors (Lipinski definition) is 1. The van der Waals surface area contributed by atoms with Gasteiger partial charge < -0.3 is 5.73 Å². The highest BCUT2D eigenvalue weighted by Crippen LogP contribution is 2.43. The van der Waals surface area contributed by atoms with Crippen molar-refractivity contribution in [1.29, 1.82) is 0 Å². The summed E-state index contributed by atoms with van der Waals surface area (Å²) in [5, 5.41) is 0. The Balaban J connectivity index is 1.94. The lowest BCUT2D eigenvalue weighted by molar-refractivity contribution is 0.110. The Bertz CT molecular complexity index is 215. The quantitative estimate of drug-likeness (QED) is 0.749. The van der Waals surface area contributed by atoms with Gasteiger partial charge in [0, 0.05) is 5.54 Å². The zero-order valence-electron chi connectivity index (χ0n) is 11.2. The molecular formula is C15H29N. The summed E-state index contributed by atoms with van der Waals surface area (Å²) in [7, 11) is 0. The van der Waals surface area contributed by atoms with Gasteiger partial charge in [-0.1, -0.05) is 33.1 Å². The fourth-order valence-corrected chi connectivity index (χ4v) is 3.89. The molecule has 2 fully saturated rings. The molecule has 0 amide bonds. The molecule has 0 heterocycles. The second-order valence-corrected chi connectivity index (χ2v) is 6.55. The van der Waals surface area contributed by atoms with E-state index in [1.807, 2.05) is 0 Å². The molecule has 0 aromatic heterocycles. The van der Waals surface area contributed by atoms with Gasteiger partial charge in [0.1, 0.15) is 0 Å². The van der Waals surface area contributed by atoms with Crippen LogP contribution in [0.25, 0.3) is 0 Å². The fraction of sp³-hybridized carbons (Fsp3) is 1.00. The van der Waals surface area contributed by atoms with Crippen molar-refractivity contribution in [3.8, 4) is 0 Å². The van der Waals surface area contributed by atoms with Crippen molar-refractivity contribution in [3.05, 3.63) is 0 Å². The van der Waals surface area contributed by atoms with Crippen molar-refractivity contribution in [1.82, 2.24) is 0 Å². The van der Waals surface area contributed by atoms with Gasteiger partial charge in [-0.3, -0.25) is 0 Å². The maximum absolute atomic E-state index is 6.71. The third-order valence-electron chi connectivity index (χ3n) is 5.38. The van der Waals surface area contributed by atoms with E-state index in [1.165, 1.54) is 57.8 Å². The highest BCUT2D eigenvalue weighted by atomic mass is 14.8. The van der Waals surface area contributed by atoms with E-state index in [0.29, 0.717) is 0 Å². The predicted octanol–water partition coefficient (Wildman–Crippen LogP) is 4.11. The molecule has 2 N–H and O–H groups in total. The molecule has 0 radical (unpaired) electrons. The van der Waals surface area contributed by atoms with E-state index in [1.54, 1.807) is 0 Å². The van der Waals surface area contributed by atoms with E-state index in [9.17, 15) is 0 Å². The molecule has 94 valence electrons. The molecule has 0 saturated heterocycles. The van der Waals surface area contributed by atoms with Gasteiger partial charge >= 0.3 is 0 Å². The van der Waals surface area contributed by atoms with Crippen LogP contribution < -0.4 is 5.73 Å². The van der Waals surface area contributed by atoms with E-state index in [2.05, 4.69) is 13.8 Å². The third-order valence-corrected chi connectivity index (χ3v) is 5.38. The molecule has 0 bridgehead atoms. The molecular weight excluding hydrogens is 194 g/mol. The molecule has 2 saturated carbocycles. The number of hydrogen-bond donors (Lipinski definition) is 1. The highest BCUT2D eigenvalue weighted by molar-refractivity contribution is 4.96. The van der Waals surface area contributed by atoms with E-state index in [-0.39, 0.29) is 5.54 Å². The van der Waals surface area contributed by atoms with Crippen molar-refractivity contribution in [3.63, 3.8) is 0 Å². The molecule has 2 aliphatic rings. The lowest BCUT2D eigenvalue weighted by Gasteiger charge is -2.45. The Labute approximate surface area is 101 Å². The van der Waals surface area contributed by atoms with E-state index in [4.69, 9.17) is 5.73 Å². The van der Waals surface area contributed by atoms with Crippen LogP contribution in [0, 0.1) is 17.8 Å². The summed E-state index contributed by atoms with van der Waals surface area (Å²) < 4.78 is 0. The second-order valence-electron chi connectivity index (χ2n) is 6.55. The Morgan fingerprint density at radius 3 is 2.44 bits per heavy atom. The molecule has 2 aliphatic carbocycles. The minimum atomic E-state index is 0.209. The summed E-state index contributed by atoms with van der Waals surface area (Å²) in [6.45, 7) is 4.73. The van der Waals surface area contributed by atoms with Crippen LogP contribution in [0.5, 0.6) is 0 Å². The summed E-state index contributed by atoms with van der Waals surface area (Å²) in [5.41, 5.74) is 6.92.